The predicted octanol–water partition coefficient (Wildman–Crippen LogP) is 3.88. The summed E-state index contributed by atoms with van der Waals surface area (Å²) in [5, 5.41) is 0.588. The molecule has 1 atom stereocenters. The van der Waals surface area contributed by atoms with Crippen LogP contribution in [0.25, 0.3) is 0 Å². The average molecular weight is 364 g/mol. The van der Waals surface area contributed by atoms with Crippen molar-refractivity contribution >= 4 is 22.0 Å². The molecule has 0 radical (unpaired) electrons. The van der Waals surface area contributed by atoms with Crippen LogP contribution >= 0.6 is 0 Å². The molecule has 0 aliphatic heterocycles. The Labute approximate surface area is 139 Å². The second-order valence-corrected chi connectivity index (χ2v) is 6.61. The third kappa shape index (κ3) is 14.6. The zero-order valence-electron chi connectivity index (χ0n) is 13.8. The van der Waals surface area contributed by atoms with E-state index in [1.807, 2.05) is 0 Å². The molecule has 0 saturated heterocycles. The van der Waals surface area contributed by atoms with Crippen LogP contribution < -0.4 is 5.73 Å². The van der Waals surface area contributed by atoms with E-state index >= 15 is 0 Å². The first kappa shape index (κ1) is 20.9. The molecule has 126 valence electrons. The minimum atomic E-state index is -0.470. The standard InChI is InChI=1S/C17H35NO2Se/c1-2-3-4-5-6-7-8-9-10-11-12-13-14-20-17(19)16(18)15-21/h16,21H,2-15,18H2,1H3. The molecule has 0 fully saturated rings. The second-order valence-electron chi connectivity index (χ2n) is 5.85. The normalized spacial score (nSPS) is 12.3. The minimum absolute atomic E-state index is 0.265. The van der Waals surface area contributed by atoms with Crippen molar-refractivity contribution in [2.24, 2.45) is 5.73 Å². The van der Waals surface area contributed by atoms with Crippen LogP contribution in [0.5, 0.6) is 0 Å². The van der Waals surface area contributed by atoms with Crippen LogP contribution in [0.4, 0.5) is 0 Å². The maximum absolute atomic E-state index is 11.3. The molecule has 1 unspecified atom stereocenters. The van der Waals surface area contributed by atoms with Crippen LogP contribution in [-0.2, 0) is 9.53 Å². The molecule has 3 nitrogen and oxygen atoms in total. The van der Waals surface area contributed by atoms with Gasteiger partial charge in [-0.15, -0.1) is 0 Å². The van der Waals surface area contributed by atoms with Gasteiger partial charge in [-0.25, -0.2) is 0 Å². The quantitative estimate of drug-likeness (QED) is 0.273. The monoisotopic (exact) mass is 365 g/mol. The van der Waals surface area contributed by atoms with Crippen molar-refractivity contribution in [1.29, 1.82) is 0 Å². The summed E-state index contributed by atoms with van der Waals surface area (Å²) in [5.41, 5.74) is 5.57. The molecule has 0 aliphatic rings. The number of hydrogen-bond acceptors (Lipinski definition) is 3. The molecular formula is C17H35NO2Se. The average Bonchev–Trinajstić information content (AvgIpc) is 2.50. The van der Waals surface area contributed by atoms with E-state index in [0.29, 0.717) is 11.9 Å². The van der Waals surface area contributed by atoms with Crippen LogP contribution in [0, 0.1) is 0 Å². The molecule has 0 rings (SSSR count). The van der Waals surface area contributed by atoms with Gasteiger partial charge in [-0.05, 0) is 0 Å². The molecule has 21 heavy (non-hydrogen) atoms. The summed E-state index contributed by atoms with van der Waals surface area (Å²) >= 11 is 2.32. The Morgan fingerprint density at radius 2 is 1.33 bits per heavy atom. The van der Waals surface area contributed by atoms with Gasteiger partial charge in [0.05, 0.1) is 0 Å². The van der Waals surface area contributed by atoms with E-state index in [9.17, 15) is 4.79 Å². The molecule has 0 spiro atoms. The van der Waals surface area contributed by atoms with Gasteiger partial charge in [0.25, 0.3) is 0 Å². The summed E-state index contributed by atoms with van der Waals surface area (Å²) < 4.78 is 5.11. The van der Waals surface area contributed by atoms with Gasteiger partial charge in [-0.2, -0.15) is 0 Å². The molecule has 0 saturated carbocycles. The maximum atomic E-state index is 11.3. The summed E-state index contributed by atoms with van der Waals surface area (Å²) in [6, 6.07) is -0.470. The van der Waals surface area contributed by atoms with Crippen LogP contribution in [-0.4, -0.2) is 34.6 Å². The van der Waals surface area contributed by atoms with Crippen LogP contribution in [0.2, 0.25) is 5.32 Å². The van der Waals surface area contributed by atoms with Crippen molar-refractivity contribution in [3.05, 3.63) is 0 Å². The Morgan fingerprint density at radius 1 is 0.905 bits per heavy atom. The van der Waals surface area contributed by atoms with E-state index in [-0.39, 0.29) is 5.97 Å². The van der Waals surface area contributed by atoms with E-state index in [0.717, 1.165) is 12.8 Å². The van der Waals surface area contributed by atoms with Crippen LogP contribution in [0.1, 0.15) is 84.0 Å². The number of ether oxygens (including phenoxy) is 1. The Hall–Kier alpha value is -0.0505. The number of esters is 1. The molecule has 0 amide bonds. The summed E-state index contributed by atoms with van der Waals surface area (Å²) in [7, 11) is 0. The molecule has 0 heterocycles. The summed E-state index contributed by atoms with van der Waals surface area (Å²) in [4.78, 5) is 11.3. The zero-order valence-corrected chi connectivity index (χ0v) is 15.7. The van der Waals surface area contributed by atoms with Crippen molar-refractivity contribution in [3.8, 4) is 0 Å². The van der Waals surface area contributed by atoms with E-state index in [1.165, 1.54) is 64.2 Å². The summed E-state index contributed by atoms with van der Waals surface area (Å²) in [6.07, 6.45) is 15.8. The molecule has 0 bridgehead atoms. The number of nitrogens with two attached hydrogens (primary N) is 1. The topological polar surface area (TPSA) is 52.3 Å². The van der Waals surface area contributed by atoms with Crippen molar-refractivity contribution in [2.45, 2.75) is 95.3 Å². The fraction of sp³-hybridized carbons (Fsp3) is 0.941. The number of unbranched alkanes of at least 4 members (excludes halogenated alkanes) is 11. The molecule has 0 aromatic heterocycles. The van der Waals surface area contributed by atoms with Gasteiger partial charge >= 0.3 is 100 Å². The molecule has 0 aromatic rings. The van der Waals surface area contributed by atoms with Gasteiger partial charge in [0.15, 0.2) is 0 Å². The van der Waals surface area contributed by atoms with Gasteiger partial charge < -0.3 is 0 Å². The summed E-state index contributed by atoms with van der Waals surface area (Å²) in [6.45, 7) is 2.79. The van der Waals surface area contributed by atoms with Crippen LogP contribution in [0.3, 0.4) is 0 Å². The third-order valence-corrected chi connectivity index (χ3v) is 4.57. The predicted molar refractivity (Wildman–Crippen MR) is 92.0 cm³/mol. The van der Waals surface area contributed by atoms with E-state index in [4.69, 9.17) is 10.5 Å². The van der Waals surface area contributed by atoms with Gasteiger partial charge in [0.2, 0.25) is 0 Å². The Morgan fingerprint density at radius 3 is 1.76 bits per heavy atom. The van der Waals surface area contributed by atoms with Crippen molar-refractivity contribution < 1.29 is 9.53 Å². The third-order valence-electron chi connectivity index (χ3n) is 3.74. The molecule has 0 aliphatic carbocycles. The molecule has 4 heteroatoms. The van der Waals surface area contributed by atoms with Gasteiger partial charge in [-0.1, -0.05) is 39.0 Å². The molecular weight excluding hydrogens is 329 g/mol. The molecule has 2 N–H and O–H groups in total. The van der Waals surface area contributed by atoms with Gasteiger partial charge in [0.1, 0.15) is 0 Å². The Balaban J connectivity index is 3.11. The van der Waals surface area contributed by atoms with Gasteiger partial charge in [0, 0.05) is 0 Å². The number of hydrogen-bond donors (Lipinski definition) is 1. The van der Waals surface area contributed by atoms with E-state index in [2.05, 4.69) is 22.9 Å². The summed E-state index contributed by atoms with van der Waals surface area (Å²) in [5.74, 6) is -0.265. The SMILES string of the molecule is CCCCCCCCCCCCCCOC(=O)C(N)C[SeH]. The van der Waals surface area contributed by atoms with E-state index < -0.39 is 6.04 Å². The number of carbonyl (C=O) groups is 1. The molecule has 0 aromatic carbocycles. The number of rotatable bonds is 15. The Kier molecular flexibility index (Phi) is 16.3. The van der Waals surface area contributed by atoms with E-state index in [1.54, 1.807) is 0 Å². The fourth-order valence-electron chi connectivity index (χ4n) is 2.30. The Bertz CT molecular complexity index is 237. The van der Waals surface area contributed by atoms with Crippen molar-refractivity contribution in [1.82, 2.24) is 0 Å². The van der Waals surface area contributed by atoms with Crippen LogP contribution in [0.15, 0.2) is 0 Å². The first-order valence-electron chi connectivity index (χ1n) is 8.75. The fourth-order valence-corrected chi connectivity index (χ4v) is 2.61. The van der Waals surface area contributed by atoms with Crippen molar-refractivity contribution in [3.63, 3.8) is 0 Å². The second kappa shape index (κ2) is 16.3. The van der Waals surface area contributed by atoms with Crippen molar-refractivity contribution in [2.75, 3.05) is 6.61 Å². The zero-order chi connectivity index (χ0) is 15.8. The first-order valence-corrected chi connectivity index (χ1v) is 10.1. The van der Waals surface area contributed by atoms with Gasteiger partial charge in [-0.3, -0.25) is 0 Å². The number of carbonyl (C=O) groups excluding carboxylic acids is 1. The first-order chi connectivity index (χ1) is 10.2.